The molecular formula is C19H19N5O2. The molecule has 4 heterocycles. The van der Waals surface area contributed by atoms with Gasteiger partial charge in [0.25, 0.3) is 5.91 Å². The number of hydrogen-bond acceptors (Lipinski definition) is 5. The SMILES string of the molecule is O=C(c1c[nH]c2ccccc12)N1Cc2cnc(N3CCOCC3)nc2C1. The van der Waals surface area contributed by atoms with Gasteiger partial charge in [-0.25, -0.2) is 9.97 Å². The summed E-state index contributed by atoms with van der Waals surface area (Å²) in [6, 6.07) is 7.86. The quantitative estimate of drug-likeness (QED) is 0.765. The van der Waals surface area contributed by atoms with E-state index in [0.29, 0.717) is 31.9 Å². The Morgan fingerprint density at radius 2 is 2.00 bits per heavy atom. The average Bonchev–Trinajstić information content (AvgIpc) is 3.32. The van der Waals surface area contributed by atoms with Crippen LogP contribution < -0.4 is 4.90 Å². The Balaban J connectivity index is 1.39. The van der Waals surface area contributed by atoms with Crippen molar-refractivity contribution >= 4 is 22.8 Å². The molecule has 2 aliphatic rings. The molecule has 1 aromatic carbocycles. The number of amides is 1. The van der Waals surface area contributed by atoms with Gasteiger partial charge in [-0.2, -0.15) is 0 Å². The lowest BCUT2D eigenvalue weighted by atomic mass is 10.1. The number of aromatic nitrogens is 3. The molecule has 0 atom stereocenters. The number of carbonyl (C=O) groups is 1. The van der Waals surface area contributed by atoms with Gasteiger partial charge in [0.1, 0.15) is 0 Å². The topological polar surface area (TPSA) is 74.4 Å². The Bertz CT molecular complexity index is 977. The maximum atomic E-state index is 13.0. The van der Waals surface area contributed by atoms with E-state index in [0.717, 1.165) is 41.2 Å². The van der Waals surface area contributed by atoms with Crippen molar-refractivity contribution in [2.24, 2.45) is 0 Å². The first-order valence-corrected chi connectivity index (χ1v) is 8.82. The summed E-state index contributed by atoms with van der Waals surface area (Å²) in [5.41, 5.74) is 3.64. The molecule has 2 aromatic heterocycles. The van der Waals surface area contributed by atoms with Crippen LogP contribution >= 0.6 is 0 Å². The van der Waals surface area contributed by atoms with E-state index in [1.165, 1.54) is 0 Å². The van der Waals surface area contributed by atoms with E-state index >= 15 is 0 Å². The smallest absolute Gasteiger partial charge is 0.256 e. The number of H-pyrrole nitrogens is 1. The molecule has 7 nitrogen and oxygen atoms in total. The second-order valence-corrected chi connectivity index (χ2v) is 6.65. The van der Waals surface area contributed by atoms with Crippen molar-refractivity contribution in [2.45, 2.75) is 13.1 Å². The number of para-hydroxylation sites is 1. The molecule has 0 bridgehead atoms. The van der Waals surface area contributed by atoms with Gasteiger partial charge in [-0.1, -0.05) is 18.2 Å². The Morgan fingerprint density at radius 1 is 1.15 bits per heavy atom. The van der Waals surface area contributed by atoms with Crippen molar-refractivity contribution in [1.82, 2.24) is 19.9 Å². The van der Waals surface area contributed by atoms with Crippen LogP contribution in [0.15, 0.2) is 36.7 Å². The van der Waals surface area contributed by atoms with Crippen LogP contribution in [-0.4, -0.2) is 52.1 Å². The zero-order chi connectivity index (χ0) is 17.5. The summed E-state index contributed by atoms with van der Waals surface area (Å²) in [5, 5.41) is 0.952. The molecule has 7 heteroatoms. The summed E-state index contributed by atoms with van der Waals surface area (Å²) in [6.45, 7) is 4.08. The number of ether oxygens (including phenoxy) is 1. The van der Waals surface area contributed by atoms with Crippen molar-refractivity contribution in [2.75, 3.05) is 31.2 Å². The number of benzene rings is 1. The van der Waals surface area contributed by atoms with Crippen LogP contribution in [0, 0.1) is 0 Å². The number of fused-ring (bicyclic) bond motifs is 2. The molecule has 2 aliphatic heterocycles. The third-order valence-corrected chi connectivity index (χ3v) is 5.04. The third kappa shape index (κ3) is 2.52. The number of nitrogens with zero attached hydrogens (tertiary/aromatic N) is 4. The van der Waals surface area contributed by atoms with E-state index in [9.17, 15) is 4.79 Å². The molecule has 0 unspecified atom stereocenters. The minimum Gasteiger partial charge on any atom is -0.378 e. The monoisotopic (exact) mass is 349 g/mol. The van der Waals surface area contributed by atoms with Crippen LogP contribution in [0.25, 0.3) is 10.9 Å². The molecule has 3 aromatic rings. The zero-order valence-electron chi connectivity index (χ0n) is 14.3. The molecule has 26 heavy (non-hydrogen) atoms. The number of hydrogen-bond donors (Lipinski definition) is 1. The number of anilines is 1. The molecule has 1 fully saturated rings. The fourth-order valence-corrected chi connectivity index (χ4v) is 3.62. The minimum atomic E-state index is 0.0216. The van der Waals surface area contributed by atoms with Crippen LogP contribution in [-0.2, 0) is 17.8 Å². The molecule has 0 spiro atoms. The Morgan fingerprint density at radius 3 is 2.88 bits per heavy atom. The predicted octanol–water partition coefficient (Wildman–Crippen LogP) is 1.95. The highest BCUT2D eigenvalue weighted by Gasteiger charge is 2.28. The number of aromatic amines is 1. The largest absolute Gasteiger partial charge is 0.378 e. The van der Waals surface area contributed by atoms with Gasteiger partial charge < -0.3 is 19.5 Å². The summed E-state index contributed by atoms with van der Waals surface area (Å²) in [6.07, 6.45) is 3.65. The predicted molar refractivity (Wildman–Crippen MR) is 96.9 cm³/mol. The second kappa shape index (κ2) is 6.10. The highest BCUT2D eigenvalue weighted by atomic mass is 16.5. The van der Waals surface area contributed by atoms with Gasteiger partial charge in [-0.05, 0) is 6.07 Å². The van der Waals surface area contributed by atoms with Crippen LogP contribution in [0.3, 0.4) is 0 Å². The van der Waals surface area contributed by atoms with Crippen molar-refractivity contribution in [3.63, 3.8) is 0 Å². The molecular weight excluding hydrogens is 330 g/mol. The van der Waals surface area contributed by atoms with Crippen molar-refractivity contribution in [1.29, 1.82) is 0 Å². The van der Waals surface area contributed by atoms with Gasteiger partial charge >= 0.3 is 0 Å². The van der Waals surface area contributed by atoms with Crippen LogP contribution in [0.2, 0.25) is 0 Å². The van der Waals surface area contributed by atoms with E-state index in [2.05, 4.69) is 14.9 Å². The van der Waals surface area contributed by atoms with Crippen molar-refractivity contribution in [3.8, 4) is 0 Å². The number of morpholine rings is 1. The summed E-state index contributed by atoms with van der Waals surface area (Å²) in [4.78, 5) is 29.4. The van der Waals surface area contributed by atoms with Crippen LogP contribution in [0.5, 0.6) is 0 Å². The zero-order valence-corrected chi connectivity index (χ0v) is 14.3. The first kappa shape index (κ1) is 15.3. The number of carbonyl (C=O) groups excluding carboxylic acids is 1. The van der Waals surface area contributed by atoms with Gasteiger partial charge in [-0.3, -0.25) is 4.79 Å². The normalized spacial score (nSPS) is 16.9. The Labute approximate surface area is 150 Å². The van der Waals surface area contributed by atoms with Gasteiger partial charge in [-0.15, -0.1) is 0 Å². The van der Waals surface area contributed by atoms with E-state index in [4.69, 9.17) is 9.72 Å². The summed E-state index contributed by atoms with van der Waals surface area (Å²) < 4.78 is 5.39. The average molecular weight is 349 g/mol. The number of nitrogens with one attached hydrogen (secondary N) is 1. The van der Waals surface area contributed by atoms with E-state index < -0.39 is 0 Å². The van der Waals surface area contributed by atoms with Gasteiger partial charge in [0.2, 0.25) is 5.95 Å². The lowest BCUT2D eigenvalue weighted by Gasteiger charge is -2.26. The Kier molecular flexibility index (Phi) is 3.60. The van der Waals surface area contributed by atoms with Crippen molar-refractivity contribution < 1.29 is 9.53 Å². The minimum absolute atomic E-state index is 0.0216. The van der Waals surface area contributed by atoms with E-state index in [1.54, 1.807) is 6.20 Å². The maximum absolute atomic E-state index is 13.0. The molecule has 0 aliphatic carbocycles. The van der Waals surface area contributed by atoms with Crippen LogP contribution in [0.4, 0.5) is 5.95 Å². The van der Waals surface area contributed by atoms with Crippen molar-refractivity contribution in [3.05, 3.63) is 53.5 Å². The van der Waals surface area contributed by atoms with Gasteiger partial charge in [0.15, 0.2) is 0 Å². The first-order chi connectivity index (χ1) is 12.8. The standard InChI is InChI=1S/C19H19N5O2/c25-18(15-10-20-16-4-2-1-3-14(15)16)24-11-13-9-21-19(22-17(13)12-24)23-5-7-26-8-6-23/h1-4,9-10,20H,5-8,11-12H2. The second-order valence-electron chi connectivity index (χ2n) is 6.65. The lowest BCUT2D eigenvalue weighted by Crippen LogP contribution is -2.37. The fourth-order valence-electron chi connectivity index (χ4n) is 3.62. The first-order valence-electron chi connectivity index (χ1n) is 8.82. The summed E-state index contributed by atoms with van der Waals surface area (Å²) >= 11 is 0. The fraction of sp³-hybridized carbons (Fsp3) is 0.316. The highest BCUT2D eigenvalue weighted by molar-refractivity contribution is 6.06. The van der Waals surface area contributed by atoms with Crippen LogP contribution in [0.1, 0.15) is 21.6 Å². The molecule has 1 amide bonds. The van der Waals surface area contributed by atoms with Gasteiger partial charge in [0, 0.05) is 48.5 Å². The molecule has 1 N–H and O–H groups in total. The maximum Gasteiger partial charge on any atom is 0.256 e. The lowest BCUT2D eigenvalue weighted by molar-refractivity contribution is 0.0752. The molecule has 1 saturated heterocycles. The number of rotatable bonds is 2. The summed E-state index contributed by atoms with van der Waals surface area (Å²) in [5.74, 6) is 0.752. The third-order valence-electron chi connectivity index (χ3n) is 5.04. The highest BCUT2D eigenvalue weighted by Crippen LogP contribution is 2.26. The Hall–Kier alpha value is -2.93. The molecule has 0 saturated carbocycles. The molecule has 5 rings (SSSR count). The molecule has 132 valence electrons. The summed E-state index contributed by atoms with van der Waals surface area (Å²) in [7, 11) is 0. The van der Waals surface area contributed by atoms with Gasteiger partial charge in [0.05, 0.1) is 31.0 Å². The molecule has 0 radical (unpaired) electrons. The van der Waals surface area contributed by atoms with E-state index in [-0.39, 0.29) is 5.91 Å². The van der Waals surface area contributed by atoms with E-state index in [1.807, 2.05) is 35.4 Å².